The van der Waals surface area contributed by atoms with Gasteiger partial charge >= 0.3 is 0 Å². The average Bonchev–Trinajstić information content (AvgIpc) is 2.61. The summed E-state index contributed by atoms with van der Waals surface area (Å²) in [6, 6.07) is 15.0. The van der Waals surface area contributed by atoms with Crippen molar-refractivity contribution in [2.24, 2.45) is 0 Å². The second-order valence-corrected chi connectivity index (χ2v) is 7.71. The second-order valence-electron chi connectivity index (χ2n) is 4.68. The van der Waals surface area contributed by atoms with Gasteiger partial charge in [-0.15, -0.1) is 0 Å². The molecule has 0 aromatic heterocycles. The molecule has 3 N–H and O–H groups in total. The molecule has 0 aliphatic heterocycles. The van der Waals surface area contributed by atoms with Crippen LogP contribution in [0.1, 0.15) is 0 Å². The molecule has 0 amide bonds. The van der Waals surface area contributed by atoms with Crippen LogP contribution in [0.4, 0.5) is 0 Å². The number of aliphatic hydroxyl groups excluding tert-OH is 2. The molecule has 0 heterocycles. The van der Waals surface area contributed by atoms with Crippen molar-refractivity contribution < 1.29 is 35.8 Å². The standard InChI is InChI=1S/C9H12O5S.C6H6O3S/c10-6-8(11)7-14-15(12,13)9-4-2-1-3-5-9;7-10(8,9)6-4-2-1-3-5-6/h1-5,8,10-11H,6-7H2;1-5H,(H,7,8,9). The van der Waals surface area contributed by atoms with Crippen LogP contribution in [-0.2, 0) is 24.4 Å². The molecule has 25 heavy (non-hydrogen) atoms. The number of hydrogen-bond acceptors (Lipinski definition) is 7. The van der Waals surface area contributed by atoms with Gasteiger partial charge in [0.2, 0.25) is 0 Å². The van der Waals surface area contributed by atoms with Crippen molar-refractivity contribution in [3.63, 3.8) is 0 Å². The van der Waals surface area contributed by atoms with Crippen LogP contribution >= 0.6 is 0 Å². The van der Waals surface area contributed by atoms with Crippen molar-refractivity contribution in [1.82, 2.24) is 0 Å². The maximum Gasteiger partial charge on any atom is 0.297 e. The van der Waals surface area contributed by atoms with E-state index in [4.69, 9.17) is 14.8 Å². The summed E-state index contributed by atoms with van der Waals surface area (Å²) in [6.45, 7) is -0.988. The van der Waals surface area contributed by atoms with Crippen molar-refractivity contribution in [3.8, 4) is 0 Å². The Hall–Kier alpha value is -1.82. The summed E-state index contributed by atoms with van der Waals surface area (Å²) in [5, 5.41) is 17.4. The van der Waals surface area contributed by atoms with Gasteiger partial charge in [0.15, 0.2) is 0 Å². The van der Waals surface area contributed by atoms with Gasteiger partial charge in [-0.2, -0.15) is 16.8 Å². The summed E-state index contributed by atoms with van der Waals surface area (Å²) in [7, 11) is -7.84. The Labute approximate surface area is 146 Å². The molecule has 0 fully saturated rings. The van der Waals surface area contributed by atoms with Gasteiger partial charge in [-0.3, -0.25) is 8.74 Å². The topological polar surface area (TPSA) is 138 Å². The number of aliphatic hydroxyl groups is 2. The van der Waals surface area contributed by atoms with E-state index in [1.54, 1.807) is 36.4 Å². The third-order valence-electron chi connectivity index (χ3n) is 2.70. The minimum Gasteiger partial charge on any atom is -0.394 e. The van der Waals surface area contributed by atoms with Crippen LogP contribution < -0.4 is 0 Å². The van der Waals surface area contributed by atoms with Crippen LogP contribution in [0, 0.1) is 0 Å². The van der Waals surface area contributed by atoms with Gasteiger partial charge < -0.3 is 10.2 Å². The van der Waals surface area contributed by atoms with Gasteiger partial charge in [0.25, 0.3) is 20.2 Å². The van der Waals surface area contributed by atoms with Crippen LogP contribution in [0.2, 0.25) is 0 Å². The Kier molecular flexibility index (Phi) is 8.16. The highest BCUT2D eigenvalue weighted by molar-refractivity contribution is 7.86. The Bertz CT molecular complexity index is 834. The van der Waals surface area contributed by atoms with Crippen LogP contribution in [0.3, 0.4) is 0 Å². The predicted molar refractivity (Wildman–Crippen MR) is 88.9 cm³/mol. The lowest BCUT2D eigenvalue weighted by molar-refractivity contribution is 0.0557. The van der Waals surface area contributed by atoms with Crippen molar-refractivity contribution in [1.29, 1.82) is 0 Å². The lowest BCUT2D eigenvalue weighted by atomic mass is 10.4. The monoisotopic (exact) mass is 390 g/mol. The summed E-state index contributed by atoms with van der Waals surface area (Å²) in [6.07, 6.45) is -1.19. The van der Waals surface area contributed by atoms with Crippen molar-refractivity contribution in [2.45, 2.75) is 15.9 Å². The Morgan fingerprint density at radius 3 is 1.64 bits per heavy atom. The van der Waals surface area contributed by atoms with Gasteiger partial charge in [0.05, 0.1) is 23.0 Å². The zero-order chi connectivity index (χ0) is 18.9. The van der Waals surface area contributed by atoms with E-state index in [1.165, 1.54) is 24.3 Å². The summed E-state index contributed by atoms with van der Waals surface area (Å²) in [5.41, 5.74) is 0. The van der Waals surface area contributed by atoms with Gasteiger partial charge in [0, 0.05) is 0 Å². The molecule has 0 spiro atoms. The molecule has 2 aromatic carbocycles. The fraction of sp³-hybridized carbons (Fsp3) is 0.200. The first-order valence-electron chi connectivity index (χ1n) is 6.93. The van der Waals surface area contributed by atoms with Crippen LogP contribution in [0.15, 0.2) is 70.5 Å². The molecule has 0 saturated carbocycles. The minimum absolute atomic E-state index is 0.0233. The van der Waals surface area contributed by atoms with E-state index in [2.05, 4.69) is 4.18 Å². The highest BCUT2D eigenvalue weighted by Gasteiger charge is 2.16. The zero-order valence-corrected chi connectivity index (χ0v) is 14.6. The van der Waals surface area contributed by atoms with E-state index in [1.807, 2.05) is 0 Å². The lowest BCUT2D eigenvalue weighted by Gasteiger charge is -2.08. The molecule has 0 radical (unpaired) electrons. The molecule has 0 bridgehead atoms. The molecule has 8 nitrogen and oxygen atoms in total. The van der Waals surface area contributed by atoms with E-state index in [0.717, 1.165) is 0 Å². The maximum absolute atomic E-state index is 11.4. The van der Waals surface area contributed by atoms with E-state index in [9.17, 15) is 16.8 Å². The summed E-state index contributed by atoms with van der Waals surface area (Å²) >= 11 is 0. The second kappa shape index (κ2) is 9.61. The fourth-order valence-corrected chi connectivity index (χ4v) is 2.93. The smallest absolute Gasteiger partial charge is 0.297 e. The molecule has 2 aromatic rings. The molecule has 0 aliphatic rings. The van der Waals surface area contributed by atoms with Gasteiger partial charge in [-0.05, 0) is 24.3 Å². The third kappa shape index (κ3) is 7.73. The van der Waals surface area contributed by atoms with E-state index in [0.29, 0.717) is 0 Å². The van der Waals surface area contributed by atoms with E-state index in [-0.39, 0.29) is 9.79 Å². The molecule has 138 valence electrons. The first kappa shape index (κ1) is 21.2. The Morgan fingerprint density at radius 2 is 1.28 bits per heavy atom. The van der Waals surface area contributed by atoms with E-state index < -0.39 is 39.6 Å². The summed E-state index contributed by atoms with van der Waals surface area (Å²) in [4.78, 5) is -0.0508. The normalized spacial score (nSPS) is 12.8. The summed E-state index contributed by atoms with van der Waals surface area (Å²) in [5.74, 6) is 0. The third-order valence-corrected chi connectivity index (χ3v) is 4.86. The molecular weight excluding hydrogens is 372 g/mol. The number of benzene rings is 2. The Balaban J connectivity index is 0.000000271. The molecule has 0 aliphatic carbocycles. The van der Waals surface area contributed by atoms with Crippen LogP contribution in [0.5, 0.6) is 0 Å². The van der Waals surface area contributed by atoms with Crippen LogP contribution in [-0.4, -0.2) is 50.9 Å². The van der Waals surface area contributed by atoms with Crippen LogP contribution in [0.25, 0.3) is 0 Å². The van der Waals surface area contributed by atoms with Crippen molar-refractivity contribution in [2.75, 3.05) is 13.2 Å². The molecule has 1 atom stereocenters. The molecular formula is C15H18O8S2. The van der Waals surface area contributed by atoms with Crippen molar-refractivity contribution >= 4 is 20.2 Å². The van der Waals surface area contributed by atoms with Crippen molar-refractivity contribution in [3.05, 3.63) is 60.7 Å². The Morgan fingerprint density at radius 1 is 0.840 bits per heavy atom. The first-order chi connectivity index (χ1) is 11.7. The van der Waals surface area contributed by atoms with E-state index >= 15 is 0 Å². The lowest BCUT2D eigenvalue weighted by Crippen LogP contribution is -2.22. The minimum atomic E-state index is -4.00. The number of hydrogen-bond donors (Lipinski definition) is 3. The molecule has 10 heteroatoms. The number of rotatable bonds is 6. The summed E-state index contributed by atoms with van der Waals surface area (Å²) < 4.78 is 56.6. The fourth-order valence-electron chi connectivity index (χ4n) is 1.47. The quantitative estimate of drug-likeness (QED) is 0.483. The zero-order valence-electron chi connectivity index (χ0n) is 13.0. The molecule has 0 saturated heterocycles. The highest BCUT2D eigenvalue weighted by atomic mass is 32.2. The maximum atomic E-state index is 11.4. The highest BCUT2D eigenvalue weighted by Crippen LogP contribution is 2.11. The van der Waals surface area contributed by atoms with Gasteiger partial charge in [0.1, 0.15) is 6.10 Å². The van der Waals surface area contributed by atoms with Gasteiger partial charge in [-0.1, -0.05) is 36.4 Å². The molecule has 1 unspecified atom stereocenters. The predicted octanol–water partition coefficient (Wildman–Crippen LogP) is 0.678. The SMILES string of the molecule is O=S(=O)(O)c1ccccc1.O=S(=O)(OCC(O)CO)c1ccccc1. The van der Waals surface area contributed by atoms with Gasteiger partial charge in [-0.25, -0.2) is 0 Å². The average molecular weight is 390 g/mol. The molecule has 2 rings (SSSR count). The largest absolute Gasteiger partial charge is 0.394 e. The first-order valence-corrected chi connectivity index (χ1v) is 9.77.